The fourth-order valence-electron chi connectivity index (χ4n) is 2.21. The molecule has 4 heteroatoms. The zero-order chi connectivity index (χ0) is 14.4. The summed E-state index contributed by atoms with van der Waals surface area (Å²) in [5, 5.41) is 7.78. The minimum absolute atomic E-state index is 0.131. The van der Waals surface area contributed by atoms with Crippen molar-refractivity contribution in [2.45, 2.75) is 32.2 Å². The third-order valence-electron chi connectivity index (χ3n) is 3.23. The molecule has 2 aromatic rings. The maximum Gasteiger partial charge on any atom is 0.127 e. The second kappa shape index (κ2) is 7.91. The number of hydrogen-bond donors (Lipinski definition) is 1. The largest absolute Gasteiger partial charge is 0.313 e. The van der Waals surface area contributed by atoms with Crippen LogP contribution >= 0.6 is 27.3 Å². The van der Waals surface area contributed by atoms with E-state index in [0.29, 0.717) is 0 Å². The maximum atomic E-state index is 14.0. The van der Waals surface area contributed by atoms with Crippen molar-refractivity contribution in [3.8, 4) is 0 Å². The summed E-state index contributed by atoms with van der Waals surface area (Å²) in [5.41, 5.74) is 2.10. The fourth-order valence-corrected chi connectivity index (χ4v) is 3.23. The summed E-state index contributed by atoms with van der Waals surface area (Å²) >= 11 is 5.01. The molecule has 0 aliphatic heterocycles. The molecule has 108 valence electrons. The number of halogens is 2. The van der Waals surface area contributed by atoms with E-state index in [-0.39, 0.29) is 11.9 Å². The average Bonchev–Trinajstić information content (AvgIpc) is 2.92. The monoisotopic (exact) mass is 355 g/mol. The normalized spacial score (nSPS) is 12.6. The molecule has 0 saturated carbocycles. The van der Waals surface area contributed by atoms with E-state index in [9.17, 15) is 4.39 Å². The molecule has 1 nitrogen and oxygen atoms in total. The van der Waals surface area contributed by atoms with E-state index in [4.69, 9.17) is 0 Å². The van der Waals surface area contributed by atoms with E-state index in [1.807, 2.05) is 12.1 Å². The summed E-state index contributed by atoms with van der Waals surface area (Å²) in [6.07, 6.45) is 2.75. The van der Waals surface area contributed by atoms with Crippen LogP contribution in [0.25, 0.3) is 0 Å². The van der Waals surface area contributed by atoms with Crippen LogP contribution in [0.5, 0.6) is 0 Å². The first-order chi connectivity index (χ1) is 9.69. The Balaban J connectivity index is 2.06. The second-order valence-corrected chi connectivity index (χ2v) is 6.62. The summed E-state index contributed by atoms with van der Waals surface area (Å²) in [6, 6.07) is 7.73. The Morgan fingerprint density at radius 1 is 1.30 bits per heavy atom. The molecule has 2 rings (SSSR count). The quantitative estimate of drug-likeness (QED) is 0.751. The summed E-state index contributed by atoms with van der Waals surface area (Å²) < 4.78 is 14.7. The van der Waals surface area contributed by atoms with Crippen molar-refractivity contribution >= 4 is 27.3 Å². The molecule has 0 amide bonds. The average molecular weight is 356 g/mol. The van der Waals surface area contributed by atoms with E-state index in [2.05, 4.69) is 45.0 Å². The zero-order valence-corrected chi connectivity index (χ0v) is 13.9. The summed E-state index contributed by atoms with van der Waals surface area (Å²) in [6.45, 7) is 3.11. The van der Waals surface area contributed by atoms with Gasteiger partial charge in [0.1, 0.15) is 5.82 Å². The molecular weight excluding hydrogens is 337 g/mol. The number of benzene rings is 1. The molecule has 1 atom stereocenters. The Hall–Kier alpha value is -0.710. The Labute approximate surface area is 132 Å². The Morgan fingerprint density at radius 2 is 2.15 bits per heavy atom. The van der Waals surface area contributed by atoms with Crippen LogP contribution < -0.4 is 5.32 Å². The third-order valence-corrected chi connectivity index (χ3v) is 4.45. The van der Waals surface area contributed by atoms with Gasteiger partial charge in [0.2, 0.25) is 0 Å². The summed E-state index contributed by atoms with van der Waals surface area (Å²) in [4.78, 5) is 0. The highest BCUT2D eigenvalue weighted by molar-refractivity contribution is 9.10. The van der Waals surface area contributed by atoms with Crippen molar-refractivity contribution in [2.24, 2.45) is 0 Å². The molecule has 0 radical (unpaired) electrons. The standard InChI is InChI=1S/C16H19BrFNS/c1-2-6-19-15(8-12-5-7-20-11-12)9-13-3-4-14(17)10-16(13)18/h3-5,7,10-11,15,19H,2,6,8-9H2,1H3. The highest BCUT2D eigenvalue weighted by Crippen LogP contribution is 2.18. The van der Waals surface area contributed by atoms with E-state index >= 15 is 0 Å². The van der Waals surface area contributed by atoms with Crippen LogP contribution in [0.4, 0.5) is 4.39 Å². The highest BCUT2D eigenvalue weighted by Gasteiger charge is 2.13. The molecule has 0 fully saturated rings. The molecule has 1 aromatic carbocycles. The van der Waals surface area contributed by atoms with Crippen molar-refractivity contribution in [1.29, 1.82) is 0 Å². The lowest BCUT2D eigenvalue weighted by atomic mass is 10.00. The van der Waals surface area contributed by atoms with E-state index in [0.717, 1.165) is 35.8 Å². The van der Waals surface area contributed by atoms with Gasteiger partial charge in [0, 0.05) is 10.5 Å². The van der Waals surface area contributed by atoms with E-state index in [1.54, 1.807) is 11.3 Å². The molecule has 20 heavy (non-hydrogen) atoms. The van der Waals surface area contributed by atoms with Gasteiger partial charge < -0.3 is 5.32 Å². The molecule has 1 heterocycles. The Kier molecular flexibility index (Phi) is 6.20. The van der Waals surface area contributed by atoms with Gasteiger partial charge in [-0.15, -0.1) is 0 Å². The topological polar surface area (TPSA) is 12.0 Å². The van der Waals surface area contributed by atoms with Gasteiger partial charge in [0.15, 0.2) is 0 Å². The highest BCUT2D eigenvalue weighted by atomic mass is 79.9. The van der Waals surface area contributed by atoms with Crippen molar-refractivity contribution in [3.63, 3.8) is 0 Å². The second-order valence-electron chi connectivity index (χ2n) is 4.93. The van der Waals surface area contributed by atoms with Gasteiger partial charge in [-0.2, -0.15) is 11.3 Å². The van der Waals surface area contributed by atoms with Gasteiger partial charge in [-0.3, -0.25) is 0 Å². The molecule has 0 saturated heterocycles. The smallest absolute Gasteiger partial charge is 0.127 e. The van der Waals surface area contributed by atoms with Crippen LogP contribution in [0.1, 0.15) is 24.5 Å². The summed E-state index contributed by atoms with van der Waals surface area (Å²) in [5.74, 6) is -0.131. The van der Waals surface area contributed by atoms with Gasteiger partial charge >= 0.3 is 0 Å². The Morgan fingerprint density at radius 3 is 2.80 bits per heavy atom. The van der Waals surface area contributed by atoms with Crippen LogP contribution in [0.3, 0.4) is 0 Å². The number of hydrogen-bond acceptors (Lipinski definition) is 2. The van der Waals surface area contributed by atoms with Crippen LogP contribution in [0.2, 0.25) is 0 Å². The molecule has 0 aliphatic carbocycles. The van der Waals surface area contributed by atoms with Crippen molar-refractivity contribution in [3.05, 3.63) is 56.4 Å². The molecule has 0 spiro atoms. The van der Waals surface area contributed by atoms with Gasteiger partial charge in [0.25, 0.3) is 0 Å². The minimum atomic E-state index is -0.131. The number of thiophene rings is 1. The summed E-state index contributed by atoms with van der Waals surface area (Å²) in [7, 11) is 0. The lowest BCUT2D eigenvalue weighted by Gasteiger charge is -2.18. The van der Waals surface area contributed by atoms with Gasteiger partial charge in [-0.05, 0) is 65.9 Å². The predicted octanol–water partition coefficient (Wildman–Crippen LogP) is 4.80. The zero-order valence-electron chi connectivity index (χ0n) is 11.5. The van der Waals surface area contributed by atoms with Crippen molar-refractivity contribution in [1.82, 2.24) is 5.32 Å². The molecule has 1 aromatic heterocycles. The van der Waals surface area contributed by atoms with E-state index in [1.165, 1.54) is 11.6 Å². The molecule has 0 aliphatic rings. The van der Waals surface area contributed by atoms with Crippen LogP contribution in [-0.2, 0) is 12.8 Å². The lowest BCUT2D eigenvalue weighted by Crippen LogP contribution is -2.34. The molecule has 1 unspecified atom stereocenters. The first-order valence-corrected chi connectivity index (χ1v) is 8.61. The SMILES string of the molecule is CCCNC(Cc1ccsc1)Cc1ccc(Br)cc1F. The van der Waals surface area contributed by atoms with Crippen LogP contribution in [0, 0.1) is 5.82 Å². The Bertz CT molecular complexity index is 527. The van der Waals surface area contributed by atoms with Crippen LogP contribution in [0.15, 0.2) is 39.5 Å². The third kappa shape index (κ3) is 4.69. The van der Waals surface area contributed by atoms with Gasteiger partial charge in [-0.25, -0.2) is 4.39 Å². The first-order valence-electron chi connectivity index (χ1n) is 6.87. The first kappa shape index (κ1) is 15.7. The van der Waals surface area contributed by atoms with Gasteiger partial charge in [0.05, 0.1) is 0 Å². The van der Waals surface area contributed by atoms with Crippen LogP contribution in [-0.4, -0.2) is 12.6 Å². The lowest BCUT2D eigenvalue weighted by molar-refractivity contribution is 0.492. The minimum Gasteiger partial charge on any atom is -0.313 e. The van der Waals surface area contributed by atoms with Gasteiger partial charge in [-0.1, -0.05) is 28.9 Å². The number of rotatable bonds is 7. The molecular formula is C16H19BrFNS. The number of nitrogens with one attached hydrogen (secondary N) is 1. The van der Waals surface area contributed by atoms with Crippen molar-refractivity contribution in [2.75, 3.05) is 6.54 Å². The fraction of sp³-hybridized carbons (Fsp3) is 0.375. The maximum absolute atomic E-state index is 14.0. The molecule has 0 bridgehead atoms. The van der Waals surface area contributed by atoms with E-state index < -0.39 is 0 Å². The van der Waals surface area contributed by atoms with Crippen molar-refractivity contribution < 1.29 is 4.39 Å². The molecule has 1 N–H and O–H groups in total. The predicted molar refractivity (Wildman–Crippen MR) is 87.9 cm³/mol.